The summed E-state index contributed by atoms with van der Waals surface area (Å²) in [5.74, 6) is 1.66. The molecule has 0 fully saturated rings. The Kier molecular flexibility index (Phi) is 5.36. The van der Waals surface area contributed by atoms with Gasteiger partial charge < -0.3 is 14.2 Å². The van der Waals surface area contributed by atoms with Gasteiger partial charge in [0.25, 0.3) is 0 Å². The molecular weight excluding hydrogens is 294 g/mol. The molecule has 0 amide bonds. The zero-order chi connectivity index (χ0) is 16.8. The standard InChI is InChI=1S/C18H19NO4/c1-12(20)14-6-5-7-15(10-14)19-11-13-8-16(21-2)18(23-4)17(9-13)22-3/h5-11H,1-4H3. The monoisotopic (exact) mass is 313 g/mol. The smallest absolute Gasteiger partial charge is 0.203 e. The van der Waals surface area contributed by atoms with Crippen LogP contribution in [0.3, 0.4) is 0 Å². The van der Waals surface area contributed by atoms with E-state index in [9.17, 15) is 4.79 Å². The average Bonchev–Trinajstić information content (AvgIpc) is 2.59. The summed E-state index contributed by atoms with van der Waals surface area (Å²) in [6.45, 7) is 1.53. The van der Waals surface area contributed by atoms with Crippen LogP contribution in [0.1, 0.15) is 22.8 Å². The van der Waals surface area contributed by atoms with E-state index in [1.54, 1.807) is 57.9 Å². The Bertz CT molecular complexity index is 713. The normalized spacial score (nSPS) is 10.6. The van der Waals surface area contributed by atoms with Gasteiger partial charge in [-0.1, -0.05) is 12.1 Å². The van der Waals surface area contributed by atoms with Gasteiger partial charge in [-0.3, -0.25) is 9.79 Å². The highest BCUT2D eigenvalue weighted by Crippen LogP contribution is 2.37. The number of Topliss-reactive ketones (excluding diaryl/α,β-unsaturated/α-hetero) is 1. The quantitative estimate of drug-likeness (QED) is 0.603. The van der Waals surface area contributed by atoms with E-state index in [0.717, 1.165) is 5.56 Å². The van der Waals surface area contributed by atoms with Crippen LogP contribution in [-0.2, 0) is 0 Å². The first-order valence-electron chi connectivity index (χ1n) is 7.04. The van der Waals surface area contributed by atoms with Crippen molar-refractivity contribution in [2.45, 2.75) is 6.92 Å². The Morgan fingerprint density at radius 2 is 1.65 bits per heavy atom. The average molecular weight is 313 g/mol. The van der Waals surface area contributed by atoms with Crippen LogP contribution in [0, 0.1) is 0 Å². The third-order valence-electron chi connectivity index (χ3n) is 3.30. The van der Waals surface area contributed by atoms with Crippen LogP contribution in [0.15, 0.2) is 41.4 Å². The first kappa shape index (κ1) is 16.5. The van der Waals surface area contributed by atoms with Gasteiger partial charge in [-0.2, -0.15) is 0 Å². The molecule has 2 aromatic carbocycles. The molecule has 0 saturated heterocycles. The van der Waals surface area contributed by atoms with E-state index >= 15 is 0 Å². The topological polar surface area (TPSA) is 57.1 Å². The van der Waals surface area contributed by atoms with Gasteiger partial charge >= 0.3 is 0 Å². The molecule has 0 aliphatic heterocycles. The van der Waals surface area contributed by atoms with Crippen molar-refractivity contribution in [2.75, 3.05) is 21.3 Å². The van der Waals surface area contributed by atoms with Gasteiger partial charge in [0.15, 0.2) is 17.3 Å². The summed E-state index contributed by atoms with van der Waals surface area (Å²) in [5.41, 5.74) is 2.13. The van der Waals surface area contributed by atoms with Crippen molar-refractivity contribution in [1.29, 1.82) is 0 Å². The molecule has 0 heterocycles. The summed E-state index contributed by atoms with van der Waals surface area (Å²) in [6.07, 6.45) is 1.68. The van der Waals surface area contributed by atoms with Crippen molar-refractivity contribution in [2.24, 2.45) is 4.99 Å². The van der Waals surface area contributed by atoms with E-state index in [1.807, 2.05) is 6.07 Å². The van der Waals surface area contributed by atoms with Gasteiger partial charge in [-0.05, 0) is 31.2 Å². The summed E-state index contributed by atoms with van der Waals surface area (Å²) in [4.78, 5) is 15.8. The van der Waals surface area contributed by atoms with Crippen LogP contribution in [0.5, 0.6) is 17.2 Å². The maximum Gasteiger partial charge on any atom is 0.203 e. The number of ketones is 1. The number of benzene rings is 2. The Hall–Kier alpha value is -2.82. The number of carbonyl (C=O) groups is 1. The Labute approximate surface area is 135 Å². The van der Waals surface area contributed by atoms with Crippen molar-refractivity contribution in [3.8, 4) is 17.2 Å². The van der Waals surface area contributed by atoms with Gasteiger partial charge in [0, 0.05) is 17.3 Å². The van der Waals surface area contributed by atoms with Crippen molar-refractivity contribution >= 4 is 17.7 Å². The molecule has 0 aliphatic carbocycles. The van der Waals surface area contributed by atoms with Crippen molar-refractivity contribution in [3.63, 3.8) is 0 Å². The second kappa shape index (κ2) is 7.45. The Balaban J connectivity index is 2.36. The molecule has 0 unspecified atom stereocenters. The zero-order valence-electron chi connectivity index (χ0n) is 13.6. The number of ether oxygens (including phenoxy) is 3. The van der Waals surface area contributed by atoms with E-state index in [4.69, 9.17) is 14.2 Å². The summed E-state index contributed by atoms with van der Waals surface area (Å²) in [6, 6.07) is 10.8. The zero-order valence-corrected chi connectivity index (χ0v) is 13.6. The molecular formula is C18H19NO4. The summed E-state index contributed by atoms with van der Waals surface area (Å²) < 4.78 is 15.9. The predicted octanol–water partition coefficient (Wildman–Crippen LogP) is 3.67. The molecule has 120 valence electrons. The van der Waals surface area contributed by atoms with Crippen LogP contribution in [0.2, 0.25) is 0 Å². The number of carbonyl (C=O) groups excluding carboxylic acids is 1. The molecule has 0 N–H and O–H groups in total. The van der Waals surface area contributed by atoms with E-state index in [1.165, 1.54) is 6.92 Å². The number of hydrogen-bond acceptors (Lipinski definition) is 5. The minimum absolute atomic E-state index is 0.00911. The van der Waals surface area contributed by atoms with Gasteiger partial charge in [0.05, 0.1) is 27.0 Å². The highest BCUT2D eigenvalue weighted by molar-refractivity contribution is 5.95. The van der Waals surface area contributed by atoms with E-state index < -0.39 is 0 Å². The third-order valence-corrected chi connectivity index (χ3v) is 3.30. The second-order valence-electron chi connectivity index (χ2n) is 4.82. The van der Waals surface area contributed by atoms with E-state index in [2.05, 4.69) is 4.99 Å². The third kappa shape index (κ3) is 3.88. The lowest BCUT2D eigenvalue weighted by molar-refractivity contribution is 0.101. The molecule has 0 radical (unpaired) electrons. The highest BCUT2D eigenvalue weighted by atomic mass is 16.5. The fourth-order valence-corrected chi connectivity index (χ4v) is 2.13. The molecule has 5 nitrogen and oxygen atoms in total. The number of methoxy groups -OCH3 is 3. The Morgan fingerprint density at radius 3 is 2.17 bits per heavy atom. The van der Waals surface area contributed by atoms with Gasteiger partial charge in [-0.25, -0.2) is 0 Å². The minimum Gasteiger partial charge on any atom is -0.493 e. The minimum atomic E-state index is 0.00911. The second-order valence-corrected chi connectivity index (χ2v) is 4.82. The molecule has 0 spiro atoms. The SMILES string of the molecule is COc1cc(C=Nc2cccc(C(C)=O)c2)cc(OC)c1OC. The predicted molar refractivity (Wildman–Crippen MR) is 89.8 cm³/mol. The molecule has 2 rings (SSSR count). The van der Waals surface area contributed by atoms with Gasteiger partial charge in [0.1, 0.15) is 0 Å². The van der Waals surface area contributed by atoms with Crippen LogP contribution in [0.25, 0.3) is 0 Å². The highest BCUT2D eigenvalue weighted by Gasteiger charge is 2.12. The summed E-state index contributed by atoms with van der Waals surface area (Å²) in [7, 11) is 4.69. The lowest BCUT2D eigenvalue weighted by Crippen LogP contribution is -1.96. The van der Waals surface area contributed by atoms with Gasteiger partial charge in [0.2, 0.25) is 5.75 Å². The number of nitrogens with zero attached hydrogens (tertiary/aromatic N) is 1. The maximum atomic E-state index is 11.4. The first-order valence-corrected chi connectivity index (χ1v) is 7.04. The molecule has 0 saturated carbocycles. The lowest BCUT2D eigenvalue weighted by atomic mass is 10.1. The van der Waals surface area contributed by atoms with Crippen LogP contribution < -0.4 is 14.2 Å². The van der Waals surface area contributed by atoms with Crippen molar-refractivity contribution in [1.82, 2.24) is 0 Å². The van der Waals surface area contributed by atoms with E-state index in [0.29, 0.717) is 28.5 Å². The van der Waals surface area contributed by atoms with E-state index in [-0.39, 0.29) is 5.78 Å². The number of rotatable bonds is 6. The fraction of sp³-hybridized carbons (Fsp3) is 0.222. The molecule has 23 heavy (non-hydrogen) atoms. The fourth-order valence-electron chi connectivity index (χ4n) is 2.13. The molecule has 0 aliphatic rings. The lowest BCUT2D eigenvalue weighted by Gasteiger charge is -2.12. The first-order chi connectivity index (χ1) is 11.1. The molecule has 5 heteroatoms. The molecule has 0 aromatic heterocycles. The number of aliphatic imine (C=N–C) groups is 1. The molecule has 0 bridgehead atoms. The Morgan fingerprint density at radius 1 is 1.00 bits per heavy atom. The van der Waals surface area contributed by atoms with Crippen molar-refractivity contribution in [3.05, 3.63) is 47.5 Å². The van der Waals surface area contributed by atoms with Crippen LogP contribution in [-0.4, -0.2) is 33.3 Å². The largest absolute Gasteiger partial charge is 0.493 e. The van der Waals surface area contributed by atoms with Gasteiger partial charge in [-0.15, -0.1) is 0 Å². The van der Waals surface area contributed by atoms with Crippen LogP contribution >= 0.6 is 0 Å². The van der Waals surface area contributed by atoms with Crippen molar-refractivity contribution < 1.29 is 19.0 Å². The van der Waals surface area contributed by atoms with Crippen LogP contribution in [0.4, 0.5) is 5.69 Å². The molecule has 0 atom stereocenters. The summed E-state index contributed by atoms with van der Waals surface area (Å²) >= 11 is 0. The summed E-state index contributed by atoms with van der Waals surface area (Å²) in [5, 5.41) is 0. The molecule has 2 aromatic rings. The number of hydrogen-bond donors (Lipinski definition) is 0. The maximum absolute atomic E-state index is 11.4.